The molecular formula is C16H19BrN2OS. The van der Waals surface area contributed by atoms with Crippen LogP contribution in [0.15, 0.2) is 28.9 Å². The van der Waals surface area contributed by atoms with Crippen LogP contribution in [0.4, 0.5) is 0 Å². The van der Waals surface area contributed by atoms with Crippen molar-refractivity contribution in [3.05, 3.63) is 44.3 Å². The summed E-state index contributed by atoms with van der Waals surface area (Å²) in [6.45, 7) is 4.17. The number of amides is 1. The molecule has 1 unspecified atom stereocenters. The molecule has 2 heterocycles. The van der Waals surface area contributed by atoms with Crippen LogP contribution in [0.5, 0.6) is 0 Å². The van der Waals surface area contributed by atoms with Crippen molar-refractivity contribution in [2.45, 2.75) is 45.2 Å². The van der Waals surface area contributed by atoms with Crippen LogP contribution in [0.3, 0.4) is 0 Å². The zero-order valence-electron chi connectivity index (χ0n) is 12.2. The molecule has 0 radical (unpaired) electrons. The van der Waals surface area contributed by atoms with Gasteiger partial charge in [0.15, 0.2) is 0 Å². The van der Waals surface area contributed by atoms with E-state index in [0.717, 1.165) is 16.6 Å². The fourth-order valence-electron chi connectivity index (χ4n) is 2.53. The highest BCUT2D eigenvalue weighted by Gasteiger charge is 2.28. The Kier molecular flexibility index (Phi) is 4.22. The summed E-state index contributed by atoms with van der Waals surface area (Å²) in [4.78, 5) is 15.1. The van der Waals surface area contributed by atoms with Gasteiger partial charge in [0.25, 0.3) is 5.91 Å². The van der Waals surface area contributed by atoms with Crippen LogP contribution in [0.1, 0.15) is 46.0 Å². The van der Waals surface area contributed by atoms with Crippen LogP contribution in [0.2, 0.25) is 0 Å². The normalized spacial score (nSPS) is 16.0. The number of hydrogen-bond donors (Lipinski definition) is 1. The minimum absolute atomic E-state index is 0.0216. The topological polar surface area (TPSA) is 34.0 Å². The minimum atomic E-state index is 0.0216. The molecule has 1 N–H and O–H groups in total. The third-order valence-electron chi connectivity index (χ3n) is 3.67. The largest absolute Gasteiger partial charge is 0.348 e. The fourth-order valence-corrected chi connectivity index (χ4v) is 3.98. The summed E-state index contributed by atoms with van der Waals surface area (Å²) >= 11 is 5.27. The molecule has 1 aliphatic rings. The first-order valence-electron chi connectivity index (χ1n) is 7.26. The molecule has 1 fully saturated rings. The van der Waals surface area contributed by atoms with E-state index in [4.69, 9.17) is 0 Å². The van der Waals surface area contributed by atoms with E-state index in [1.165, 1.54) is 22.6 Å². The lowest BCUT2D eigenvalue weighted by Crippen LogP contribution is -2.35. The van der Waals surface area contributed by atoms with Crippen LogP contribution < -0.4 is 5.32 Å². The Labute approximate surface area is 137 Å². The minimum Gasteiger partial charge on any atom is -0.348 e. The molecule has 3 nitrogen and oxygen atoms in total. The van der Waals surface area contributed by atoms with Crippen molar-refractivity contribution in [1.82, 2.24) is 9.88 Å². The third kappa shape index (κ3) is 3.58. The van der Waals surface area contributed by atoms with Crippen molar-refractivity contribution in [3.63, 3.8) is 0 Å². The monoisotopic (exact) mass is 366 g/mol. The van der Waals surface area contributed by atoms with E-state index < -0.39 is 0 Å². The maximum Gasteiger partial charge on any atom is 0.268 e. The van der Waals surface area contributed by atoms with E-state index in [2.05, 4.69) is 51.8 Å². The molecule has 112 valence electrons. The van der Waals surface area contributed by atoms with Gasteiger partial charge in [-0.05, 0) is 60.8 Å². The van der Waals surface area contributed by atoms with Crippen molar-refractivity contribution in [3.8, 4) is 0 Å². The molecule has 3 rings (SSSR count). The van der Waals surface area contributed by atoms with Crippen LogP contribution in [-0.4, -0.2) is 16.5 Å². The molecule has 2 aromatic heterocycles. The highest BCUT2D eigenvalue weighted by Crippen LogP contribution is 2.37. The van der Waals surface area contributed by atoms with E-state index in [1.807, 2.05) is 12.3 Å². The van der Waals surface area contributed by atoms with Crippen molar-refractivity contribution < 1.29 is 4.79 Å². The van der Waals surface area contributed by atoms with E-state index >= 15 is 0 Å². The van der Waals surface area contributed by atoms with E-state index in [-0.39, 0.29) is 11.9 Å². The van der Waals surface area contributed by atoms with Gasteiger partial charge in [-0.25, -0.2) is 0 Å². The van der Waals surface area contributed by atoms with Crippen LogP contribution in [0, 0.1) is 6.92 Å². The molecule has 5 heteroatoms. The second kappa shape index (κ2) is 5.97. The summed E-state index contributed by atoms with van der Waals surface area (Å²) in [7, 11) is 0. The number of hydrogen-bond acceptors (Lipinski definition) is 2. The van der Waals surface area contributed by atoms with Crippen molar-refractivity contribution in [2.24, 2.45) is 0 Å². The van der Waals surface area contributed by atoms with Crippen molar-refractivity contribution in [1.29, 1.82) is 0 Å². The fraction of sp³-hybridized carbons (Fsp3) is 0.438. The summed E-state index contributed by atoms with van der Waals surface area (Å²) in [6, 6.07) is 6.83. The Morgan fingerprint density at radius 3 is 2.90 bits per heavy atom. The Bertz CT molecular complexity index is 657. The van der Waals surface area contributed by atoms with Gasteiger partial charge in [-0.2, -0.15) is 0 Å². The molecule has 2 aromatic rings. The maximum absolute atomic E-state index is 12.5. The average molecular weight is 367 g/mol. The van der Waals surface area contributed by atoms with Gasteiger partial charge >= 0.3 is 0 Å². The van der Waals surface area contributed by atoms with E-state index in [9.17, 15) is 4.79 Å². The molecule has 0 spiro atoms. The SMILES string of the molecule is Cc1ccc(CC(C)NC(=O)c2cc(Br)cn2C2CC2)s1. The number of aromatic nitrogens is 1. The predicted molar refractivity (Wildman–Crippen MR) is 90.1 cm³/mol. The summed E-state index contributed by atoms with van der Waals surface area (Å²) in [5.41, 5.74) is 0.763. The predicted octanol–water partition coefficient (Wildman–Crippen LogP) is 4.32. The van der Waals surface area contributed by atoms with Gasteiger partial charge < -0.3 is 9.88 Å². The molecule has 0 aliphatic heterocycles. The zero-order valence-corrected chi connectivity index (χ0v) is 14.6. The number of thiophene rings is 1. The lowest BCUT2D eigenvalue weighted by molar-refractivity contribution is 0.0930. The van der Waals surface area contributed by atoms with E-state index in [0.29, 0.717) is 6.04 Å². The first-order valence-corrected chi connectivity index (χ1v) is 8.87. The Morgan fingerprint density at radius 1 is 1.52 bits per heavy atom. The molecule has 21 heavy (non-hydrogen) atoms. The van der Waals surface area contributed by atoms with Gasteiger partial charge in [-0.3, -0.25) is 4.79 Å². The third-order valence-corrected chi connectivity index (χ3v) is 5.13. The number of nitrogens with one attached hydrogen (secondary N) is 1. The number of rotatable bonds is 5. The number of carbonyl (C=O) groups is 1. The number of carbonyl (C=O) groups excluding carboxylic acids is 1. The Balaban J connectivity index is 1.65. The summed E-state index contributed by atoms with van der Waals surface area (Å²) in [5.74, 6) is 0.0216. The van der Waals surface area contributed by atoms with Gasteiger partial charge in [0.05, 0.1) is 0 Å². The summed E-state index contributed by atoms with van der Waals surface area (Å²) in [6.07, 6.45) is 5.24. The first kappa shape index (κ1) is 14.9. The van der Waals surface area contributed by atoms with Crippen LogP contribution in [-0.2, 0) is 6.42 Å². The lowest BCUT2D eigenvalue weighted by atomic mass is 10.2. The van der Waals surface area contributed by atoms with Crippen LogP contribution in [0.25, 0.3) is 0 Å². The molecule has 1 saturated carbocycles. The van der Waals surface area contributed by atoms with Gasteiger partial charge in [0, 0.05) is 38.9 Å². The molecular weight excluding hydrogens is 348 g/mol. The second-order valence-corrected chi connectivity index (χ2v) is 8.06. The molecule has 1 amide bonds. The van der Waals surface area contributed by atoms with Gasteiger partial charge in [-0.1, -0.05) is 0 Å². The second-order valence-electron chi connectivity index (χ2n) is 5.77. The Morgan fingerprint density at radius 2 is 2.29 bits per heavy atom. The molecule has 0 bridgehead atoms. The highest BCUT2D eigenvalue weighted by atomic mass is 79.9. The zero-order chi connectivity index (χ0) is 15.0. The summed E-state index contributed by atoms with van der Waals surface area (Å²) < 4.78 is 3.07. The number of aryl methyl sites for hydroxylation is 1. The van der Waals surface area contributed by atoms with Crippen molar-refractivity contribution in [2.75, 3.05) is 0 Å². The van der Waals surface area contributed by atoms with Gasteiger partial charge in [-0.15, -0.1) is 11.3 Å². The molecule has 0 saturated heterocycles. The van der Waals surface area contributed by atoms with Crippen LogP contribution >= 0.6 is 27.3 Å². The average Bonchev–Trinajstić information content (AvgIpc) is 3.07. The first-order chi connectivity index (χ1) is 10.0. The molecule has 1 aliphatic carbocycles. The standard InChI is InChI=1S/C16H19BrN2OS/c1-10(7-14-6-3-11(2)21-14)18-16(20)15-8-12(17)9-19(15)13-4-5-13/h3,6,8-10,13H,4-5,7H2,1-2H3,(H,18,20). The lowest BCUT2D eigenvalue weighted by Gasteiger charge is -2.14. The highest BCUT2D eigenvalue weighted by molar-refractivity contribution is 9.10. The van der Waals surface area contributed by atoms with Crippen molar-refractivity contribution >= 4 is 33.2 Å². The molecule has 0 aromatic carbocycles. The quantitative estimate of drug-likeness (QED) is 0.839. The maximum atomic E-state index is 12.5. The van der Waals surface area contributed by atoms with Gasteiger partial charge in [0.2, 0.25) is 0 Å². The molecule has 1 atom stereocenters. The Hall–Kier alpha value is -1.07. The number of nitrogens with zero attached hydrogens (tertiary/aromatic N) is 1. The van der Waals surface area contributed by atoms with E-state index in [1.54, 1.807) is 11.3 Å². The summed E-state index contributed by atoms with van der Waals surface area (Å²) in [5, 5.41) is 3.12. The smallest absolute Gasteiger partial charge is 0.268 e. The number of halogens is 1. The van der Waals surface area contributed by atoms with Gasteiger partial charge in [0.1, 0.15) is 5.69 Å².